The molecular weight excluding hydrogens is 294 g/mol. The van der Waals surface area contributed by atoms with Crippen molar-refractivity contribution in [3.63, 3.8) is 0 Å². The molecule has 0 atom stereocenters. The van der Waals surface area contributed by atoms with Gasteiger partial charge in [0.05, 0.1) is 4.92 Å². The average Bonchev–Trinajstić information content (AvgIpc) is 2.33. The van der Waals surface area contributed by atoms with E-state index in [4.69, 9.17) is 11.6 Å². The smallest absolute Gasteiger partial charge is 0.258 e. The highest BCUT2D eigenvalue weighted by Gasteiger charge is 2.13. The van der Waals surface area contributed by atoms with E-state index in [2.05, 4.69) is 32.9 Å². The molecule has 0 fully saturated rings. The van der Waals surface area contributed by atoms with Gasteiger partial charge in [0.25, 0.3) is 5.69 Å². The van der Waals surface area contributed by atoms with Crippen molar-refractivity contribution in [2.45, 2.75) is 30.6 Å². The summed E-state index contributed by atoms with van der Waals surface area (Å²) in [6.45, 7) is 6.20. The fourth-order valence-electron chi connectivity index (χ4n) is 2.14. The topological polar surface area (TPSA) is 43.1 Å². The SMILES string of the molecule is Cc1cc(C)c(Sc2ccc([N+](=O)[O-])c(Cl)c2)c(C)c1. The molecule has 2 aromatic rings. The predicted molar refractivity (Wildman–Crippen MR) is 82.9 cm³/mol. The maximum Gasteiger partial charge on any atom is 0.287 e. The summed E-state index contributed by atoms with van der Waals surface area (Å²) >= 11 is 7.52. The van der Waals surface area contributed by atoms with Crippen LogP contribution in [0.25, 0.3) is 0 Å². The Labute approximate surface area is 127 Å². The van der Waals surface area contributed by atoms with Crippen LogP contribution in [0.5, 0.6) is 0 Å². The van der Waals surface area contributed by atoms with E-state index in [0.29, 0.717) is 0 Å². The Morgan fingerprint density at radius 3 is 2.20 bits per heavy atom. The molecule has 2 rings (SSSR count). The van der Waals surface area contributed by atoms with E-state index in [1.54, 1.807) is 23.9 Å². The van der Waals surface area contributed by atoms with Gasteiger partial charge in [0.1, 0.15) is 5.02 Å². The van der Waals surface area contributed by atoms with Crippen LogP contribution in [0, 0.1) is 30.9 Å². The monoisotopic (exact) mass is 307 g/mol. The Bertz CT molecular complexity index is 663. The standard InChI is InChI=1S/C15H14ClNO2S/c1-9-6-10(2)15(11(3)7-9)20-12-4-5-14(17(18)19)13(16)8-12/h4-8H,1-3H3. The molecule has 0 radical (unpaired) electrons. The van der Waals surface area contributed by atoms with Crippen molar-refractivity contribution < 1.29 is 4.92 Å². The summed E-state index contributed by atoms with van der Waals surface area (Å²) in [5.41, 5.74) is 3.56. The molecule has 5 heteroatoms. The van der Waals surface area contributed by atoms with Crippen LogP contribution in [0.2, 0.25) is 5.02 Å². The van der Waals surface area contributed by atoms with Crippen molar-refractivity contribution in [2.24, 2.45) is 0 Å². The summed E-state index contributed by atoms with van der Waals surface area (Å²) in [7, 11) is 0. The van der Waals surface area contributed by atoms with Crippen LogP contribution in [0.3, 0.4) is 0 Å². The van der Waals surface area contributed by atoms with E-state index >= 15 is 0 Å². The highest BCUT2D eigenvalue weighted by molar-refractivity contribution is 7.99. The zero-order valence-electron chi connectivity index (χ0n) is 11.4. The van der Waals surface area contributed by atoms with E-state index in [-0.39, 0.29) is 10.7 Å². The summed E-state index contributed by atoms with van der Waals surface area (Å²) in [5.74, 6) is 0. The largest absolute Gasteiger partial charge is 0.287 e. The summed E-state index contributed by atoms with van der Waals surface area (Å²) in [4.78, 5) is 12.3. The lowest BCUT2D eigenvalue weighted by molar-refractivity contribution is -0.384. The van der Waals surface area contributed by atoms with Crippen molar-refractivity contribution in [2.75, 3.05) is 0 Å². The molecule has 0 N–H and O–H groups in total. The summed E-state index contributed by atoms with van der Waals surface area (Å²) in [6, 6.07) is 9.07. The van der Waals surface area contributed by atoms with E-state index < -0.39 is 4.92 Å². The highest BCUT2D eigenvalue weighted by Crippen LogP contribution is 2.36. The molecule has 0 amide bonds. The van der Waals surface area contributed by atoms with Crippen molar-refractivity contribution in [1.82, 2.24) is 0 Å². The minimum atomic E-state index is -0.473. The lowest BCUT2D eigenvalue weighted by Gasteiger charge is -2.11. The lowest BCUT2D eigenvalue weighted by atomic mass is 10.1. The molecular formula is C15H14ClNO2S. The van der Waals surface area contributed by atoms with Gasteiger partial charge in [-0.1, -0.05) is 41.1 Å². The molecule has 0 bridgehead atoms. The zero-order chi connectivity index (χ0) is 14.9. The number of benzene rings is 2. The van der Waals surface area contributed by atoms with E-state index in [1.807, 2.05) is 0 Å². The summed E-state index contributed by atoms with van der Waals surface area (Å²) in [5, 5.41) is 10.9. The van der Waals surface area contributed by atoms with Gasteiger partial charge in [-0.2, -0.15) is 0 Å². The number of rotatable bonds is 3. The fraction of sp³-hybridized carbons (Fsp3) is 0.200. The third kappa shape index (κ3) is 3.14. The van der Waals surface area contributed by atoms with Crippen LogP contribution >= 0.6 is 23.4 Å². The van der Waals surface area contributed by atoms with Crippen LogP contribution in [-0.4, -0.2) is 4.92 Å². The molecule has 0 aliphatic carbocycles. The minimum Gasteiger partial charge on any atom is -0.258 e. The molecule has 0 spiro atoms. The third-order valence-corrected chi connectivity index (χ3v) is 4.58. The van der Waals surface area contributed by atoms with Gasteiger partial charge in [0.15, 0.2) is 0 Å². The Morgan fingerprint density at radius 2 is 1.70 bits per heavy atom. The molecule has 0 aliphatic heterocycles. The molecule has 0 heterocycles. The van der Waals surface area contributed by atoms with E-state index in [9.17, 15) is 10.1 Å². The first-order valence-electron chi connectivity index (χ1n) is 6.08. The number of nitrogens with zero attached hydrogens (tertiary/aromatic N) is 1. The molecule has 0 aromatic heterocycles. The second-order valence-electron chi connectivity index (χ2n) is 4.70. The van der Waals surface area contributed by atoms with E-state index in [0.717, 1.165) is 4.90 Å². The van der Waals surface area contributed by atoms with Crippen molar-refractivity contribution >= 4 is 29.1 Å². The van der Waals surface area contributed by atoms with Crippen LogP contribution < -0.4 is 0 Å². The van der Waals surface area contributed by atoms with Crippen LogP contribution in [0.15, 0.2) is 40.1 Å². The summed E-state index contributed by atoms with van der Waals surface area (Å²) in [6.07, 6.45) is 0. The maximum absolute atomic E-state index is 10.8. The van der Waals surface area contributed by atoms with Gasteiger partial charge < -0.3 is 0 Å². The zero-order valence-corrected chi connectivity index (χ0v) is 13.0. The van der Waals surface area contributed by atoms with Gasteiger partial charge in [0.2, 0.25) is 0 Å². The first-order chi connectivity index (χ1) is 9.38. The number of hydrogen-bond acceptors (Lipinski definition) is 3. The normalized spacial score (nSPS) is 10.6. The number of nitro benzene ring substituents is 1. The molecule has 2 aromatic carbocycles. The average molecular weight is 308 g/mol. The highest BCUT2D eigenvalue weighted by atomic mass is 35.5. The first kappa shape index (κ1) is 14.9. The van der Waals surface area contributed by atoms with Crippen molar-refractivity contribution in [3.05, 3.63) is 62.2 Å². The van der Waals surface area contributed by atoms with E-state index in [1.165, 1.54) is 27.7 Å². The first-order valence-corrected chi connectivity index (χ1v) is 7.27. The second kappa shape index (κ2) is 5.85. The van der Waals surface area contributed by atoms with Crippen molar-refractivity contribution in [3.8, 4) is 0 Å². The molecule has 3 nitrogen and oxygen atoms in total. The van der Waals surface area contributed by atoms with Crippen molar-refractivity contribution in [1.29, 1.82) is 0 Å². The number of hydrogen-bond donors (Lipinski definition) is 0. The molecule has 0 aliphatic rings. The Hall–Kier alpha value is -1.52. The second-order valence-corrected chi connectivity index (χ2v) is 6.19. The summed E-state index contributed by atoms with van der Waals surface area (Å²) < 4.78 is 0. The minimum absolute atomic E-state index is 0.0617. The third-order valence-electron chi connectivity index (χ3n) is 2.94. The van der Waals surface area contributed by atoms with Crippen LogP contribution in [-0.2, 0) is 0 Å². The number of nitro groups is 1. The van der Waals surface area contributed by atoms with Gasteiger partial charge in [-0.3, -0.25) is 10.1 Å². The molecule has 0 saturated carbocycles. The molecule has 0 saturated heterocycles. The quantitative estimate of drug-likeness (QED) is 0.569. The van der Waals surface area contributed by atoms with Gasteiger partial charge in [-0.25, -0.2) is 0 Å². The van der Waals surface area contributed by atoms with Gasteiger partial charge in [0, 0.05) is 15.9 Å². The molecule has 0 unspecified atom stereocenters. The maximum atomic E-state index is 10.8. The van der Waals surface area contributed by atoms with Gasteiger partial charge in [-0.05, 0) is 44.0 Å². The Balaban J connectivity index is 2.36. The van der Waals surface area contributed by atoms with Crippen LogP contribution in [0.1, 0.15) is 16.7 Å². The number of halogens is 1. The Morgan fingerprint density at radius 1 is 1.10 bits per heavy atom. The molecule has 104 valence electrons. The van der Waals surface area contributed by atoms with Crippen LogP contribution in [0.4, 0.5) is 5.69 Å². The fourth-order valence-corrected chi connectivity index (χ4v) is 3.45. The van der Waals surface area contributed by atoms with Gasteiger partial charge >= 0.3 is 0 Å². The van der Waals surface area contributed by atoms with Gasteiger partial charge in [-0.15, -0.1) is 0 Å². The predicted octanol–water partition coefficient (Wildman–Crippen LogP) is 5.32. The number of aryl methyl sites for hydroxylation is 3. The lowest BCUT2D eigenvalue weighted by Crippen LogP contribution is -1.90. The molecule has 20 heavy (non-hydrogen) atoms. The Kier molecular flexibility index (Phi) is 4.35.